The van der Waals surface area contributed by atoms with Crippen LogP contribution in [0.1, 0.15) is 22.3 Å². The molecule has 0 aliphatic carbocycles. The summed E-state index contributed by atoms with van der Waals surface area (Å²) < 4.78 is 0. The third-order valence-electron chi connectivity index (χ3n) is 4.55. The Morgan fingerprint density at radius 3 is 2.08 bits per heavy atom. The van der Waals surface area contributed by atoms with Crippen LogP contribution >= 0.6 is 0 Å². The lowest BCUT2D eigenvalue weighted by Crippen LogP contribution is -2.02. The molecule has 0 bridgehead atoms. The summed E-state index contributed by atoms with van der Waals surface area (Å²) in [6.45, 7) is 0. The van der Waals surface area contributed by atoms with E-state index >= 15 is 0 Å². The second kappa shape index (κ2) is 6.29. The van der Waals surface area contributed by atoms with Crippen molar-refractivity contribution in [2.75, 3.05) is 0 Å². The molecule has 0 spiro atoms. The molecule has 1 nitrogen and oxygen atoms in total. The van der Waals surface area contributed by atoms with Gasteiger partial charge in [-0.25, -0.2) is 0 Å². The Morgan fingerprint density at radius 2 is 1.29 bits per heavy atom. The zero-order chi connectivity index (χ0) is 16.4. The Hall–Kier alpha value is -2.93. The molecule has 0 aliphatic rings. The Morgan fingerprint density at radius 1 is 0.667 bits per heavy atom. The van der Waals surface area contributed by atoms with Gasteiger partial charge >= 0.3 is 0 Å². The predicted octanol–water partition coefficient (Wildman–Crippen LogP) is 5.81. The fraction of sp³-hybridized carbons (Fsp3) is 0.0870. The number of hydrogen-bond donors (Lipinski definition) is 0. The van der Waals surface area contributed by atoms with Gasteiger partial charge in [0.05, 0.1) is 0 Å². The van der Waals surface area contributed by atoms with Crippen molar-refractivity contribution in [2.45, 2.75) is 12.8 Å². The maximum Gasteiger partial charge on any atom is 0.163 e. The summed E-state index contributed by atoms with van der Waals surface area (Å²) in [6.07, 6.45) is 1.31. The summed E-state index contributed by atoms with van der Waals surface area (Å²) in [6, 6.07) is 28.7. The summed E-state index contributed by atoms with van der Waals surface area (Å²) in [5.41, 5.74) is 2.04. The fourth-order valence-corrected chi connectivity index (χ4v) is 3.32. The van der Waals surface area contributed by atoms with Crippen molar-refractivity contribution in [2.24, 2.45) is 0 Å². The van der Waals surface area contributed by atoms with Crippen molar-refractivity contribution < 1.29 is 4.79 Å². The quantitative estimate of drug-likeness (QED) is 0.343. The highest BCUT2D eigenvalue weighted by Crippen LogP contribution is 2.29. The van der Waals surface area contributed by atoms with Gasteiger partial charge in [-0.15, -0.1) is 0 Å². The van der Waals surface area contributed by atoms with E-state index in [-0.39, 0.29) is 5.78 Å². The number of ketones is 1. The van der Waals surface area contributed by atoms with Crippen molar-refractivity contribution in [1.29, 1.82) is 0 Å². The average Bonchev–Trinajstić information content (AvgIpc) is 2.66. The largest absolute Gasteiger partial charge is 0.294 e. The van der Waals surface area contributed by atoms with E-state index in [9.17, 15) is 4.79 Å². The molecule has 0 saturated heterocycles. The standard InChI is InChI=1S/C23H18O/c24-23(15-14-17-8-2-1-3-9-17)22-16-18-10-4-5-11-19(18)20-12-6-7-13-21(20)22/h1-13,16H,14-15H2. The van der Waals surface area contributed by atoms with E-state index in [0.717, 1.165) is 28.1 Å². The molecule has 0 unspecified atom stereocenters. The third-order valence-corrected chi connectivity index (χ3v) is 4.55. The maximum absolute atomic E-state index is 12.9. The Balaban J connectivity index is 1.76. The molecule has 0 atom stereocenters. The number of rotatable bonds is 4. The lowest BCUT2D eigenvalue weighted by Gasteiger charge is -2.10. The highest BCUT2D eigenvalue weighted by atomic mass is 16.1. The van der Waals surface area contributed by atoms with E-state index < -0.39 is 0 Å². The lowest BCUT2D eigenvalue weighted by molar-refractivity contribution is 0.0984. The van der Waals surface area contributed by atoms with Gasteiger partial charge in [0.25, 0.3) is 0 Å². The minimum atomic E-state index is 0.209. The second-order valence-electron chi connectivity index (χ2n) is 6.10. The summed E-state index contributed by atoms with van der Waals surface area (Å²) in [4.78, 5) is 12.9. The predicted molar refractivity (Wildman–Crippen MR) is 101 cm³/mol. The SMILES string of the molecule is O=C(CCc1ccccc1)c1cc2ccccc2c2ccccc12. The number of aryl methyl sites for hydroxylation is 1. The van der Waals surface area contributed by atoms with E-state index in [2.05, 4.69) is 36.4 Å². The molecule has 0 heterocycles. The minimum absolute atomic E-state index is 0.209. The first-order valence-corrected chi connectivity index (χ1v) is 8.30. The van der Waals surface area contributed by atoms with Crippen LogP contribution in [0.4, 0.5) is 0 Å². The van der Waals surface area contributed by atoms with Crippen LogP contribution in [0.15, 0.2) is 84.9 Å². The van der Waals surface area contributed by atoms with Crippen LogP contribution < -0.4 is 0 Å². The fourth-order valence-electron chi connectivity index (χ4n) is 3.32. The minimum Gasteiger partial charge on any atom is -0.294 e. The molecular weight excluding hydrogens is 292 g/mol. The smallest absolute Gasteiger partial charge is 0.163 e. The van der Waals surface area contributed by atoms with Crippen molar-refractivity contribution in [1.82, 2.24) is 0 Å². The number of carbonyl (C=O) groups excluding carboxylic acids is 1. The van der Waals surface area contributed by atoms with Gasteiger partial charge in [-0.05, 0) is 39.6 Å². The van der Waals surface area contributed by atoms with Crippen LogP contribution in [0.2, 0.25) is 0 Å². The second-order valence-corrected chi connectivity index (χ2v) is 6.10. The molecule has 116 valence electrons. The Kier molecular flexibility index (Phi) is 3.84. The summed E-state index contributed by atoms with van der Waals surface area (Å²) in [7, 11) is 0. The van der Waals surface area contributed by atoms with Crippen LogP contribution in [0, 0.1) is 0 Å². The van der Waals surface area contributed by atoms with Crippen molar-refractivity contribution in [3.63, 3.8) is 0 Å². The molecule has 0 aliphatic heterocycles. The van der Waals surface area contributed by atoms with Crippen LogP contribution in [0.5, 0.6) is 0 Å². The average molecular weight is 310 g/mol. The molecule has 0 radical (unpaired) electrons. The van der Waals surface area contributed by atoms with Gasteiger partial charge in [-0.1, -0.05) is 78.9 Å². The van der Waals surface area contributed by atoms with Crippen LogP contribution in [-0.4, -0.2) is 5.78 Å². The molecule has 0 aromatic heterocycles. The van der Waals surface area contributed by atoms with Gasteiger partial charge in [-0.3, -0.25) is 4.79 Å². The van der Waals surface area contributed by atoms with Gasteiger partial charge in [-0.2, -0.15) is 0 Å². The van der Waals surface area contributed by atoms with Gasteiger partial charge in [0, 0.05) is 12.0 Å². The van der Waals surface area contributed by atoms with Gasteiger partial charge in [0.15, 0.2) is 5.78 Å². The van der Waals surface area contributed by atoms with E-state index in [1.165, 1.54) is 10.9 Å². The van der Waals surface area contributed by atoms with Crippen LogP contribution in [0.3, 0.4) is 0 Å². The van der Waals surface area contributed by atoms with Gasteiger partial charge in [0.1, 0.15) is 0 Å². The molecule has 4 aromatic rings. The van der Waals surface area contributed by atoms with E-state index in [1.54, 1.807) is 0 Å². The highest BCUT2D eigenvalue weighted by Gasteiger charge is 2.12. The molecule has 1 heteroatoms. The third kappa shape index (κ3) is 2.69. The molecule has 24 heavy (non-hydrogen) atoms. The molecule has 0 N–H and O–H groups in total. The molecule has 0 amide bonds. The molecular formula is C23H18O. The Bertz CT molecular complexity index is 1020. The first-order valence-electron chi connectivity index (χ1n) is 8.30. The topological polar surface area (TPSA) is 17.1 Å². The molecule has 4 rings (SSSR count). The number of fused-ring (bicyclic) bond motifs is 3. The normalized spacial score (nSPS) is 11.0. The number of carbonyl (C=O) groups is 1. The number of Topliss-reactive ketones (excluding diaryl/α,β-unsaturated/α-hetero) is 1. The number of hydrogen-bond acceptors (Lipinski definition) is 1. The molecule has 0 saturated carbocycles. The first kappa shape index (κ1) is 14.6. The Labute approximate surface area is 141 Å². The first-order chi connectivity index (χ1) is 11.8. The van der Waals surface area contributed by atoms with Crippen molar-refractivity contribution in [3.8, 4) is 0 Å². The zero-order valence-electron chi connectivity index (χ0n) is 13.4. The lowest BCUT2D eigenvalue weighted by atomic mass is 9.93. The van der Waals surface area contributed by atoms with E-state index in [0.29, 0.717) is 6.42 Å². The monoisotopic (exact) mass is 310 g/mol. The van der Waals surface area contributed by atoms with Gasteiger partial charge in [0.2, 0.25) is 0 Å². The van der Waals surface area contributed by atoms with E-state index in [1.807, 2.05) is 48.5 Å². The molecule has 4 aromatic carbocycles. The summed E-state index contributed by atoms with van der Waals surface area (Å²) in [5, 5.41) is 4.53. The van der Waals surface area contributed by atoms with Crippen LogP contribution in [0.25, 0.3) is 21.5 Å². The number of benzene rings is 4. The zero-order valence-corrected chi connectivity index (χ0v) is 13.4. The van der Waals surface area contributed by atoms with Crippen molar-refractivity contribution in [3.05, 3.63) is 96.1 Å². The summed E-state index contributed by atoms with van der Waals surface area (Å²) in [5.74, 6) is 0.209. The van der Waals surface area contributed by atoms with Gasteiger partial charge < -0.3 is 0 Å². The maximum atomic E-state index is 12.9. The molecule has 0 fully saturated rings. The highest BCUT2D eigenvalue weighted by molar-refractivity contribution is 6.17. The van der Waals surface area contributed by atoms with Crippen molar-refractivity contribution >= 4 is 27.3 Å². The van der Waals surface area contributed by atoms with E-state index in [4.69, 9.17) is 0 Å². The van der Waals surface area contributed by atoms with Crippen LogP contribution in [-0.2, 0) is 6.42 Å². The summed E-state index contributed by atoms with van der Waals surface area (Å²) >= 11 is 0.